The van der Waals surface area contributed by atoms with Crippen LogP contribution >= 0.6 is 0 Å². The van der Waals surface area contributed by atoms with Gasteiger partial charge in [-0.15, -0.1) is 0 Å². The number of rotatable bonds is 13. The van der Waals surface area contributed by atoms with Gasteiger partial charge in [0.05, 0.1) is 10.6 Å². The summed E-state index contributed by atoms with van der Waals surface area (Å²) in [4.78, 5) is 29.4. The highest BCUT2D eigenvalue weighted by atomic mass is 32.2. The first-order valence-electron chi connectivity index (χ1n) is 14.6. The molecule has 0 unspecified atom stereocenters. The minimum Gasteiger partial charge on any atom is -0.354 e. The molecular weight excluding hydrogens is 577 g/mol. The third-order valence-corrected chi connectivity index (χ3v) is 9.08. The SMILES string of the molecule is CCCNC(=O)[C@@H](Cc1ccccc1)N(Cc1ccccc1F)C(=O)CN(c1cccc(C)c1)S(=O)(=O)c1ccc(C)cc1. The summed E-state index contributed by atoms with van der Waals surface area (Å²) in [6.07, 6.45) is 0.840. The maximum atomic E-state index is 15.0. The summed E-state index contributed by atoms with van der Waals surface area (Å²) < 4.78 is 44.2. The van der Waals surface area contributed by atoms with Crippen molar-refractivity contribution in [3.05, 3.63) is 131 Å². The van der Waals surface area contributed by atoms with Gasteiger partial charge in [-0.1, -0.05) is 85.3 Å². The minimum atomic E-state index is -4.21. The molecule has 1 N–H and O–H groups in total. The first-order valence-corrected chi connectivity index (χ1v) is 16.0. The molecule has 2 amide bonds. The van der Waals surface area contributed by atoms with E-state index < -0.39 is 40.2 Å². The zero-order chi connectivity index (χ0) is 31.7. The van der Waals surface area contributed by atoms with Crippen LogP contribution in [0.4, 0.5) is 10.1 Å². The zero-order valence-electron chi connectivity index (χ0n) is 25.2. The molecule has 0 aliphatic heterocycles. The number of nitrogens with one attached hydrogen (secondary N) is 1. The molecule has 0 aromatic heterocycles. The van der Waals surface area contributed by atoms with Crippen molar-refractivity contribution in [3.63, 3.8) is 0 Å². The number of aryl methyl sites for hydroxylation is 2. The van der Waals surface area contributed by atoms with Crippen molar-refractivity contribution in [2.24, 2.45) is 0 Å². The number of anilines is 1. The fraction of sp³-hybridized carbons (Fsp3) is 0.257. The molecule has 0 bridgehead atoms. The van der Waals surface area contributed by atoms with Crippen molar-refractivity contribution in [3.8, 4) is 0 Å². The lowest BCUT2D eigenvalue weighted by atomic mass is 10.0. The molecule has 0 heterocycles. The fourth-order valence-electron chi connectivity index (χ4n) is 4.88. The zero-order valence-corrected chi connectivity index (χ0v) is 26.1. The van der Waals surface area contributed by atoms with Gasteiger partial charge in [-0.3, -0.25) is 13.9 Å². The summed E-state index contributed by atoms with van der Waals surface area (Å²) in [6, 6.07) is 27.5. The second kappa shape index (κ2) is 14.8. The van der Waals surface area contributed by atoms with Crippen LogP contribution in [-0.4, -0.2) is 44.3 Å². The van der Waals surface area contributed by atoms with Gasteiger partial charge in [0, 0.05) is 25.1 Å². The van der Waals surface area contributed by atoms with E-state index in [0.717, 1.165) is 21.0 Å². The van der Waals surface area contributed by atoms with Crippen LogP contribution in [0.1, 0.15) is 35.6 Å². The van der Waals surface area contributed by atoms with Gasteiger partial charge in [0.2, 0.25) is 11.8 Å². The summed E-state index contributed by atoms with van der Waals surface area (Å²) in [6.45, 7) is 5.18. The van der Waals surface area contributed by atoms with E-state index in [1.165, 1.54) is 23.1 Å². The normalized spacial score (nSPS) is 11.9. The van der Waals surface area contributed by atoms with Crippen LogP contribution in [0.5, 0.6) is 0 Å². The molecule has 4 aromatic rings. The van der Waals surface area contributed by atoms with E-state index in [2.05, 4.69) is 5.32 Å². The molecule has 0 saturated heterocycles. The Kier molecular flexibility index (Phi) is 10.9. The van der Waals surface area contributed by atoms with E-state index in [1.807, 2.05) is 57.2 Å². The number of sulfonamides is 1. The Bertz CT molecular complexity index is 1680. The number of nitrogens with zero attached hydrogens (tertiary/aromatic N) is 2. The van der Waals surface area contributed by atoms with Crippen molar-refractivity contribution in [1.29, 1.82) is 0 Å². The van der Waals surface area contributed by atoms with E-state index in [4.69, 9.17) is 0 Å². The molecular formula is C35H38FN3O4S. The van der Waals surface area contributed by atoms with Gasteiger partial charge in [-0.25, -0.2) is 12.8 Å². The van der Waals surface area contributed by atoms with Gasteiger partial charge >= 0.3 is 0 Å². The number of hydrogen-bond acceptors (Lipinski definition) is 4. The van der Waals surface area contributed by atoms with Gasteiger partial charge < -0.3 is 10.2 Å². The second-order valence-electron chi connectivity index (χ2n) is 10.8. The average molecular weight is 616 g/mol. The second-order valence-corrected chi connectivity index (χ2v) is 12.6. The van der Waals surface area contributed by atoms with Crippen molar-refractivity contribution < 1.29 is 22.4 Å². The van der Waals surface area contributed by atoms with Crippen LogP contribution in [0.3, 0.4) is 0 Å². The van der Waals surface area contributed by atoms with Crippen LogP contribution in [0.15, 0.2) is 108 Å². The van der Waals surface area contributed by atoms with Gasteiger partial charge in [-0.05, 0) is 61.7 Å². The predicted octanol–water partition coefficient (Wildman–Crippen LogP) is 5.80. The molecule has 0 aliphatic carbocycles. The summed E-state index contributed by atoms with van der Waals surface area (Å²) in [7, 11) is -4.21. The first-order chi connectivity index (χ1) is 21.1. The summed E-state index contributed by atoms with van der Waals surface area (Å²) in [5.41, 5.74) is 3.02. The lowest BCUT2D eigenvalue weighted by Gasteiger charge is -2.34. The van der Waals surface area contributed by atoms with Crippen molar-refractivity contribution in [2.45, 2.75) is 51.1 Å². The van der Waals surface area contributed by atoms with Gasteiger partial charge in [0.25, 0.3) is 10.0 Å². The maximum Gasteiger partial charge on any atom is 0.264 e. The molecule has 9 heteroatoms. The molecule has 0 fully saturated rings. The van der Waals surface area contributed by atoms with Crippen molar-refractivity contribution in [1.82, 2.24) is 10.2 Å². The Labute approximate surface area is 259 Å². The number of amides is 2. The minimum absolute atomic E-state index is 0.0274. The number of carbonyl (C=O) groups excluding carboxylic acids is 2. The van der Waals surface area contributed by atoms with Crippen LogP contribution in [0.25, 0.3) is 0 Å². The number of benzene rings is 4. The van der Waals surface area contributed by atoms with E-state index >= 15 is 0 Å². The van der Waals surface area contributed by atoms with Crippen LogP contribution in [-0.2, 0) is 32.6 Å². The Morgan fingerprint density at radius 2 is 1.52 bits per heavy atom. The number of carbonyl (C=O) groups is 2. The molecule has 4 rings (SSSR count). The van der Waals surface area contributed by atoms with Gasteiger partial charge in [0.1, 0.15) is 18.4 Å². The summed E-state index contributed by atoms with van der Waals surface area (Å²) in [5, 5.41) is 2.88. The highest BCUT2D eigenvalue weighted by Crippen LogP contribution is 2.26. The van der Waals surface area contributed by atoms with Crippen molar-refractivity contribution >= 4 is 27.5 Å². The molecule has 0 radical (unpaired) electrons. The van der Waals surface area contributed by atoms with E-state index in [0.29, 0.717) is 18.7 Å². The third-order valence-electron chi connectivity index (χ3n) is 7.30. The van der Waals surface area contributed by atoms with Crippen LogP contribution < -0.4 is 9.62 Å². The van der Waals surface area contributed by atoms with Gasteiger partial charge in [0.15, 0.2) is 0 Å². The Morgan fingerprint density at radius 3 is 2.18 bits per heavy atom. The Balaban J connectivity index is 1.80. The first kappa shape index (κ1) is 32.4. The largest absolute Gasteiger partial charge is 0.354 e. The fourth-order valence-corrected chi connectivity index (χ4v) is 6.29. The molecule has 4 aromatic carbocycles. The highest BCUT2D eigenvalue weighted by Gasteiger charge is 2.35. The molecule has 1 atom stereocenters. The number of hydrogen-bond donors (Lipinski definition) is 1. The topological polar surface area (TPSA) is 86.8 Å². The lowest BCUT2D eigenvalue weighted by Crippen LogP contribution is -2.53. The monoisotopic (exact) mass is 615 g/mol. The van der Waals surface area contributed by atoms with Crippen LogP contribution in [0, 0.1) is 19.7 Å². The molecule has 7 nitrogen and oxygen atoms in total. The Morgan fingerprint density at radius 1 is 0.841 bits per heavy atom. The highest BCUT2D eigenvalue weighted by molar-refractivity contribution is 7.92. The maximum absolute atomic E-state index is 15.0. The van der Waals surface area contributed by atoms with E-state index in [9.17, 15) is 22.4 Å². The Hall–Kier alpha value is -4.50. The average Bonchev–Trinajstić information content (AvgIpc) is 3.01. The third kappa shape index (κ3) is 8.11. The number of halogens is 1. The summed E-state index contributed by atoms with van der Waals surface area (Å²) >= 11 is 0. The van der Waals surface area contributed by atoms with E-state index in [1.54, 1.807) is 48.5 Å². The smallest absolute Gasteiger partial charge is 0.264 e. The lowest BCUT2D eigenvalue weighted by molar-refractivity contribution is -0.140. The van der Waals surface area contributed by atoms with Crippen LogP contribution in [0.2, 0.25) is 0 Å². The predicted molar refractivity (Wildman–Crippen MR) is 171 cm³/mol. The molecule has 230 valence electrons. The standard InChI is InChI=1S/C35H38FN3O4S/c1-4-21-37-35(41)33(23-28-12-6-5-7-13-28)38(24-29-14-8-9-16-32(29)36)34(40)25-39(30-15-10-11-27(3)22-30)44(42,43)31-19-17-26(2)18-20-31/h5-20,22,33H,4,21,23-25H2,1-3H3,(H,37,41)/t33-/m1/s1. The van der Waals surface area contributed by atoms with Crippen molar-refractivity contribution in [2.75, 3.05) is 17.4 Å². The quantitative estimate of drug-likeness (QED) is 0.206. The van der Waals surface area contributed by atoms with Gasteiger partial charge in [-0.2, -0.15) is 0 Å². The molecule has 0 spiro atoms. The molecule has 44 heavy (non-hydrogen) atoms. The molecule has 0 saturated carbocycles. The van der Waals surface area contributed by atoms with E-state index in [-0.39, 0.29) is 23.4 Å². The summed E-state index contributed by atoms with van der Waals surface area (Å²) in [5.74, 6) is -1.57. The molecule has 0 aliphatic rings.